The van der Waals surface area contributed by atoms with Crippen LogP contribution in [0.25, 0.3) is 0 Å². The minimum atomic E-state index is -0.269. The summed E-state index contributed by atoms with van der Waals surface area (Å²) >= 11 is 0. The molecule has 0 spiro atoms. The summed E-state index contributed by atoms with van der Waals surface area (Å²) in [4.78, 5) is 11.2. The van der Waals surface area contributed by atoms with Gasteiger partial charge in [-0.2, -0.15) is 0 Å². The van der Waals surface area contributed by atoms with Gasteiger partial charge in [0.1, 0.15) is 0 Å². The molecule has 3 N–H and O–H groups in total. The summed E-state index contributed by atoms with van der Waals surface area (Å²) in [6.45, 7) is 2.39. The van der Waals surface area contributed by atoms with Gasteiger partial charge in [0.2, 0.25) is 5.91 Å². The Labute approximate surface area is 94.5 Å². The third-order valence-electron chi connectivity index (χ3n) is 2.08. The Hall–Kier alpha value is -1.75. The molecule has 5 nitrogen and oxygen atoms in total. The largest absolute Gasteiger partial charge is 0.493 e. The molecule has 0 atom stereocenters. The monoisotopic (exact) mass is 224 g/mol. The summed E-state index contributed by atoms with van der Waals surface area (Å²) in [5.41, 5.74) is 2.84. The molecule has 1 amide bonds. The van der Waals surface area contributed by atoms with Gasteiger partial charge in [-0.15, -0.1) is 0 Å². The maximum absolute atomic E-state index is 11.2. The SMILES string of the molecule is CCOc1c(CC(=O)NN)cccc1OC. The molecule has 16 heavy (non-hydrogen) atoms. The van der Waals surface area contributed by atoms with E-state index in [4.69, 9.17) is 15.3 Å². The van der Waals surface area contributed by atoms with E-state index in [1.807, 2.05) is 13.0 Å². The molecule has 0 saturated carbocycles. The van der Waals surface area contributed by atoms with Gasteiger partial charge in [0.15, 0.2) is 11.5 Å². The van der Waals surface area contributed by atoms with Crippen LogP contribution in [0.5, 0.6) is 11.5 Å². The molecule has 0 aromatic heterocycles. The van der Waals surface area contributed by atoms with Crippen LogP contribution < -0.4 is 20.7 Å². The van der Waals surface area contributed by atoms with Crippen molar-refractivity contribution in [1.29, 1.82) is 0 Å². The lowest BCUT2D eigenvalue weighted by Crippen LogP contribution is -2.31. The quantitative estimate of drug-likeness (QED) is 0.437. The molecule has 0 heterocycles. The molecule has 0 fully saturated rings. The second-order valence-corrected chi connectivity index (χ2v) is 3.13. The van der Waals surface area contributed by atoms with Gasteiger partial charge in [0, 0.05) is 5.56 Å². The van der Waals surface area contributed by atoms with Crippen LogP contribution in [0.15, 0.2) is 18.2 Å². The van der Waals surface area contributed by atoms with Crippen LogP contribution in [0, 0.1) is 0 Å². The highest BCUT2D eigenvalue weighted by atomic mass is 16.5. The summed E-state index contributed by atoms with van der Waals surface area (Å²) in [7, 11) is 1.56. The van der Waals surface area contributed by atoms with Gasteiger partial charge in [-0.25, -0.2) is 5.84 Å². The van der Waals surface area contributed by atoms with Gasteiger partial charge in [0.25, 0.3) is 0 Å². The molecule has 0 aliphatic carbocycles. The first-order chi connectivity index (χ1) is 7.72. The van der Waals surface area contributed by atoms with E-state index in [1.165, 1.54) is 0 Å². The van der Waals surface area contributed by atoms with Crippen molar-refractivity contribution in [2.45, 2.75) is 13.3 Å². The maximum atomic E-state index is 11.2. The molecule has 0 radical (unpaired) electrons. The zero-order valence-electron chi connectivity index (χ0n) is 9.45. The van der Waals surface area contributed by atoms with E-state index in [0.29, 0.717) is 18.1 Å². The Morgan fingerprint density at radius 2 is 2.25 bits per heavy atom. The van der Waals surface area contributed by atoms with Crippen LogP contribution >= 0.6 is 0 Å². The summed E-state index contributed by atoms with van der Waals surface area (Å²) in [6, 6.07) is 5.40. The number of amides is 1. The summed E-state index contributed by atoms with van der Waals surface area (Å²) < 4.78 is 10.6. The molecular formula is C11H16N2O3. The van der Waals surface area contributed by atoms with Crippen molar-refractivity contribution in [2.24, 2.45) is 5.84 Å². The number of hydrogen-bond donors (Lipinski definition) is 2. The van der Waals surface area contributed by atoms with Crippen LogP contribution in [-0.4, -0.2) is 19.6 Å². The number of hydrogen-bond acceptors (Lipinski definition) is 4. The highest BCUT2D eigenvalue weighted by Crippen LogP contribution is 2.31. The summed E-state index contributed by atoms with van der Waals surface area (Å²) in [5, 5.41) is 0. The first-order valence-electron chi connectivity index (χ1n) is 5.01. The topological polar surface area (TPSA) is 73.6 Å². The molecule has 5 heteroatoms. The second kappa shape index (κ2) is 5.97. The van der Waals surface area contributed by atoms with Crippen molar-refractivity contribution in [3.05, 3.63) is 23.8 Å². The number of nitrogens with two attached hydrogens (primary N) is 1. The second-order valence-electron chi connectivity index (χ2n) is 3.13. The van der Waals surface area contributed by atoms with E-state index in [1.54, 1.807) is 19.2 Å². The van der Waals surface area contributed by atoms with E-state index in [2.05, 4.69) is 5.43 Å². The molecule has 0 unspecified atom stereocenters. The minimum Gasteiger partial charge on any atom is -0.493 e. The Kier molecular flexibility index (Phi) is 4.60. The van der Waals surface area contributed by atoms with Gasteiger partial charge in [-0.1, -0.05) is 12.1 Å². The van der Waals surface area contributed by atoms with Gasteiger partial charge < -0.3 is 9.47 Å². The molecule has 0 aliphatic heterocycles. The first kappa shape index (κ1) is 12.3. The van der Waals surface area contributed by atoms with Crippen molar-refractivity contribution in [1.82, 2.24) is 5.43 Å². The lowest BCUT2D eigenvalue weighted by atomic mass is 10.1. The van der Waals surface area contributed by atoms with E-state index >= 15 is 0 Å². The predicted molar refractivity (Wildman–Crippen MR) is 60.2 cm³/mol. The highest BCUT2D eigenvalue weighted by molar-refractivity contribution is 5.79. The Morgan fingerprint density at radius 3 is 2.81 bits per heavy atom. The predicted octanol–water partition coefficient (Wildman–Crippen LogP) is 0.626. The van der Waals surface area contributed by atoms with Crippen LogP contribution in [0.1, 0.15) is 12.5 Å². The molecule has 1 rings (SSSR count). The number of benzene rings is 1. The van der Waals surface area contributed by atoms with Gasteiger partial charge in [-0.3, -0.25) is 10.2 Å². The normalized spacial score (nSPS) is 9.69. The Bertz CT molecular complexity index is 366. The number of ether oxygens (including phenoxy) is 2. The zero-order valence-corrected chi connectivity index (χ0v) is 9.45. The smallest absolute Gasteiger partial charge is 0.238 e. The molecule has 88 valence electrons. The van der Waals surface area contributed by atoms with Crippen LogP contribution in [0.2, 0.25) is 0 Å². The van der Waals surface area contributed by atoms with Crippen molar-refractivity contribution in [3.8, 4) is 11.5 Å². The standard InChI is InChI=1S/C11H16N2O3/c1-3-16-11-8(7-10(14)13-12)5-4-6-9(11)15-2/h4-6H,3,7,12H2,1-2H3,(H,13,14). The lowest BCUT2D eigenvalue weighted by molar-refractivity contribution is -0.120. The number of methoxy groups -OCH3 is 1. The fourth-order valence-corrected chi connectivity index (χ4v) is 1.39. The minimum absolute atomic E-state index is 0.170. The van der Waals surface area contributed by atoms with Crippen molar-refractivity contribution in [2.75, 3.05) is 13.7 Å². The average Bonchev–Trinajstić information content (AvgIpc) is 2.31. The molecular weight excluding hydrogens is 208 g/mol. The lowest BCUT2D eigenvalue weighted by Gasteiger charge is -2.13. The van der Waals surface area contributed by atoms with Crippen molar-refractivity contribution in [3.63, 3.8) is 0 Å². The number of carbonyl (C=O) groups excluding carboxylic acids is 1. The van der Waals surface area contributed by atoms with Gasteiger partial charge in [-0.05, 0) is 13.0 Å². The molecule has 0 saturated heterocycles. The summed E-state index contributed by atoms with van der Waals surface area (Å²) in [5.74, 6) is 5.98. The van der Waals surface area contributed by atoms with Crippen molar-refractivity contribution < 1.29 is 14.3 Å². The Morgan fingerprint density at radius 1 is 1.50 bits per heavy atom. The first-order valence-corrected chi connectivity index (χ1v) is 5.01. The van der Waals surface area contributed by atoms with Gasteiger partial charge >= 0.3 is 0 Å². The zero-order chi connectivity index (χ0) is 12.0. The summed E-state index contributed by atoms with van der Waals surface area (Å²) in [6.07, 6.45) is 0.170. The maximum Gasteiger partial charge on any atom is 0.238 e. The van der Waals surface area contributed by atoms with E-state index in [0.717, 1.165) is 5.56 Å². The molecule has 1 aromatic carbocycles. The fourth-order valence-electron chi connectivity index (χ4n) is 1.39. The third-order valence-corrected chi connectivity index (χ3v) is 2.08. The fraction of sp³-hybridized carbons (Fsp3) is 0.364. The van der Waals surface area contributed by atoms with E-state index in [-0.39, 0.29) is 12.3 Å². The van der Waals surface area contributed by atoms with E-state index in [9.17, 15) is 4.79 Å². The average molecular weight is 224 g/mol. The number of nitrogens with one attached hydrogen (secondary N) is 1. The number of rotatable bonds is 5. The molecule has 1 aromatic rings. The molecule has 0 bridgehead atoms. The third kappa shape index (κ3) is 2.87. The van der Waals surface area contributed by atoms with Crippen LogP contribution in [0.4, 0.5) is 0 Å². The van der Waals surface area contributed by atoms with E-state index < -0.39 is 0 Å². The highest BCUT2D eigenvalue weighted by Gasteiger charge is 2.12. The molecule has 0 aliphatic rings. The van der Waals surface area contributed by atoms with Crippen LogP contribution in [-0.2, 0) is 11.2 Å². The number of para-hydroxylation sites is 1. The van der Waals surface area contributed by atoms with Gasteiger partial charge in [0.05, 0.1) is 20.1 Å². The van der Waals surface area contributed by atoms with Crippen molar-refractivity contribution >= 4 is 5.91 Å². The Balaban J connectivity index is 3.01. The number of hydrazine groups is 1. The van der Waals surface area contributed by atoms with Crippen LogP contribution in [0.3, 0.4) is 0 Å². The number of carbonyl (C=O) groups is 1.